The van der Waals surface area contributed by atoms with Crippen LogP contribution < -0.4 is 5.73 Å². The van der Waals surface area contributed by atoms with Crippen LogP contribution in [0.4, 0.5) is 0 Å². The molecule has 0 aromatic heterocycles. The Kier molecular flexibility index (Phi) is 42.4. The van der Waals surface area contributed by atoms with E-state index in [1.807, 2.05) is 0 Å². The molecule has 56 heavy (non-hydrogen) atoms. The van der Waals surface area contributed by atoms with E-state index in [1.165, 1.54) is 173 Å². The van der Waals surface area contributed by atoms with E-state index >= 15 is 0 Å². The number of rotatable bonds is 45. The third-order valence-electron chi connectivity index (χ3n) is 10.4. The molecule has 10 heteroatoms. The summed E-state index contributed by atoms with van der Waals surface area (Å²) in [7, 11) is -4.38. The van der Waals surface area contributed by atoms with Crippen molar-refractivity contribution in [1.82, 2.24) is 0 Å². The van der Waals surface area contributed by atoms with E-state index in [0.717, 1.165) is 25.7 Å². The van der Waals surface area contributed by atoms with E-state index < -0.39 is 32.5 Å². The van der Waals surface area contributed by atoms with Crippen molar-refractivity contribution in [3.8, 4) is 0 Å². The molecule has 1 unspecified atom stereocenters. The molecule has 0 aromatic carbocycles. The van der Waals surface area contributed by atoms with E-state index in [1.54, 1.807) is 0 Å². The zero-order valence-electron chi connectivity index (χ0n) is 36.6. The lowest BCUT2D eigenvalue weighted by Gasteiger charge is -2.19. The maximum Gasteiger partial charge on any atom is 0.472 e. The number of carbonyl (C=O) groups is 2. The fraction of sp³-hybridized carbons (Fsp3) is 0.913. The summed E-state index contributed by atoms with van der Waals surface area (Å²) in [6.07, 6.45) is 45.5. The minimum absolute atomic E-state index is 0.0533. The summed E-state index contributed by atoms with van der Waals surface area (Å²) in [6.45, 7) is 3.74. The molecule has 2 atom stereocenters. The van der Waals surface area contributed by atoms with Gasteiger partial charge in [0.1, 0.15) is 6.61 Å². The average Bonchev–Trinajstić information content (AvgIpc) is 3.18. The first kappa shape index (κ1) is 54.8. The van der Waals surface area contributed by atoms with Gasteiger partial charge in [-0.2, -0.15) is 0 Å². The third kappa shape index (κ3) is 42.4. The number of allylic oxidation sites excluding steroid dienone is 2. The molecule has 0 saturated heterocycles. The van der Waals surface area contributed by atoms with Gasteiger partial charge in [0, 0.05) is 19.4 Å². The number of phosphoric ester groups is 1. The van der Waals surface area contributed by atoms with Gasteiger partial charge in [-0.3, -0.25) is 18.6 Å². The number of phosphoric acid groups is 1. The van der Waals surface area contributed by atoms with E-state index in [0.29, 0.717) is 12.8 Å². The minimum atomic E-state index is -4.38. The summed E-state index contributed by atoms with van der Waals surface area (Å²) in [5.74, 6) is -0.854. The van der Waals surface area contributed by atoms with E-state index in [4.69, 9.17) is 24.3 Å². The van der Waals surface area contributed by atoms with Crippen LogP contribution in [0.15, 0.2) is 12.2 Å². The van der Waals surface area contributed by atoms with Crippen LogP contribution in [0.25, 0.3) is 0 Å². The van der Waals surface area contributed by atoms with Gasteiger partial charge in [-0.15, -0.1) is 0 Å². The molecule has 0 aliphatic rings. The zero-order chi connectivity index (χ0) is 41.1. The Morgan fingerprint density at radius 3 is 1.32 bits per heavy atom. The van der Waals surface area contributed by atoms with Gasteiger partial charge in [0.2, 0.25) is 0 Å². The normalized spacial score (nSPS) is 13.3. The van der Waals surface area contributed by atoms with Crippen molar-refractivity contribution in [2.75, 3.05) is 26.4 Å². The molecule has 0 spiro atoms. The van der Waals surface area contributed by atoms with Gasteiger partial charge in [-0.1, -0.05) is 206 Å². The quantitative estimate of drug-likeness (QED) is 0.0266. The lowest BCUT2D eigenvalue weighted by atomic mass is 10.0. The molecule has 9 nitrogen and oxygen atoms in total. The van der Waals surface area contributed by atoms with Gasteiger partial charge in [-0.25, -0.2) is 4.57 Å². The van der Waals surface area contributed by atoms with Gasteiger partial charge in [0.15, 0.2) is 6.10 Å². The topological polar surface area (TPSA) is 134 Å². The SMILES string of the molecule is CCCCCCCCCCCCCCCCCCCC/C=C/CCCC(=O)OC[C@@H](COP(=O)(O)OCCN)OC(=O)CCCCCCCCCCCCCC. The molecule has 3 N–H and O–H groups in total. The van der Waals surface area contributed by atoms with E-state index in [9.17, 15) is 19.0 Å². The van der Waals surface area contributed by atoms with Gasteiger partial charge in [0.05, 0.1) is 13.2 Å². The van der Waals surface area contributed by atoms with Crippen LogP contribution in [0, 0.1) is 0 Å². The van der Waals surface area contributed by atoms with Gasteiger partial charge >= 0.3 is 19.8 Å². The van der Waals surface area contributed by atoms with Crippen molar-refractivity contribution >= 4 is 19.8 Å². The van der Waals surface area contributed by atoms with Crippen LogP contribution in [0.5, 0.6) is 0 Å². The first-order valence-corrected chi connectivity index (χ1v) is 25.2. The zero-order valence-corrected chi connectivity index (χ0v) is 37.5. The molecular formula is C46H90NO8P. The first-order chi connectivity index (χ1) is 27.3. The maximum atomic E-state index is 12.6. The van der Waals surface area contributed by atoms with Crippen molar-refractivity contribution in [3.63, 3.8) is 0 Å². The van der Waals surface area contributed by atoms with Crippen LogP contribution in [-0.2, 0) is 32.7 Å². The fourth-order valence-corrected chi connectivity index (χ4v) is 7.64. The number of carbonyl (C=O) groups excluding carboxylic acids is 2. The Morgan fingerprint density at radius 2 is 0.893 bits per heavy atom. The monoisotopic (exact) mass is 816 g/mol. The number of hydrogen-bond donors (Lipinski definition) is 2. The fourth-order valence-electron chi connectivity index (χ4n) is 6.88. The van der Waals surface area contributed by atoms with Gasteiger partial charge in [0.25, 0.3) is 0 Å². The smallest absolute Gasteiger partial charge is 0.462 e. The van der Waals surface area contributed by atoms with Crippen molar-refractivity contribution in [2.24, 2.45) is 5.73 Å². The van der Waals surface area contributed by atoms with Crippen LogP contribution in [0.2, 0.25) is 0 Å². The molecule has 0 aliphatic carbocycles. The average molecular weight is 816 g/mol. The molecule has 0 saturated carbocycles. The summed E-state index contributed by atoms with van der Waals surface area (Å²) >= 11 is 0. The first-order valence-electron chi connectivity index (χ1n) is 23.7. The highest BCUT2D eigenvalue weighted by Crippen LogP contribution is 2.43. The Morgan fingerprint density at radius 1 is 0.518 bits per heavy atom. The van der Waals surface area contributed by atoms with E-state index in [2.05, 4.69) is 26.0 Å². The number of hydrogen-bond acceptors (Lipinski definition) is 8. The lowest BCUT2D eigenvalue weighted by Crippen LogP contribution is -2.29. The standard InChI is InChI=1S/C46H90NO8P/c1-3-5-7-9-11-13-15-17-18-19-20-21-22-23-24-25-26-27-29-30-32-34-36-38-45(48)52-42-44(43-54-56(50,51)53-41-40-47)55-46(49)39-37-35-33-31-28-16-14-12-10-8-6-4-2/h30,32,44H,3-29,31,33-43,47H2,1-2H3,(H,50,51)/b32-30+/t44-/m0/s1. The molecule has 332 valence electrons. The predicted molar refractivity (Wildman–Crippen MR) is 234 cm³/mol. The Labute approximate surface area is 345 Å². The largest absolute Gasteiger partial charge is 0.472 e. The molecule has 0 bridgehead atoms. The number of esters is 2. The summed E-state index contributed by atoms with van der Waals surface area (Å²) in [5.41, 5.74) is 5.35. The summed E-state index contributed by atoms with van der Waals surface area (Å²) < 4.78 is 32.8. The summed E-state index contributed by atoms with van der Waals surface area (Å²) in [6, 6.07) is 0. The number of ether oxygens (including phenoxy) is 2. The second-order valence-corrected chi connectivity index (χ2v) is 17.4. The molecule has 0 fully saturated rings. The second kappa shape index (κ2) is 43.3. The highest BCUT2D eigenvalue weighted by Gasteiger charge is 2.26. The van der Waals surface area contributed by atoms with Crippen molar-refractivity contribution in [2.45, 2.75) is 245 Å². The van der Waals surface area contributed by atoms with E-state index in [-0.39, 0.29) is 32.6 Å². The van der Waals surface area contributed by atoms with Gasteiger partial charge < -0.3 is 20.1 Å². The molecular weight excluding hydrogens is 725 g/mol. The molecule has 0 rings (SSSR count). The highest BCUT2D eigenvalue weighted by atomic mass is 31.2. The van der Waals surface area contributed by atoms with Crippen molar-refractivity contribution in [3.05, 3.63) is 12.2 Å². The van der Waals surface area contributed by atoms with Crippen molar-refractivity contribution < 1.29 is 37.6 Å². The van der Waals surface area contributed by atoms with Gasteiger partial charge in [-0.05, 0) is 32.1 Å². The second-order valence-electron chi connectivity index (χ2n) is 16.0. The summed E-state index contributed by atoms with van der Waals surface area (Å²) in [4.78, 5) is 34.9. The highest BCUT2D eigenvalue weighted by molar-refractivity contribution is 7.47. The Hall–Kier alpha value is -1.25. The number of unbranched alkanes of at least 4 members (excludes halogenated alkanes) is 30. The predicted octanol–water partition coefficient (Wildman–Crippen LogP) is 13.8. The van der Waals surface area contributed by atoms with Crippen molar-refractivity contribution in [1.29, 1.82) is 0 Å². The van der Waals surface area contributed by atoms with Crippen LogP contribution in [0.3, 0.4) is 0 Å². The molecule has 0 heterocycles. The molecule has 0 radical (unpaired) electrons. The Bertz CT molecular complexity index is 933. The molecule has 0 aromatic rings. The summed E-state index contributed by atoms with van der Waals surface area (Å²) in [5, 5.41) is 0. The lowest BCUT2D eigenvalue weighted by molar-refractivity contribution is -0.161. The minimum Gasteiger partial charge on any atom is -0.462 e. The third-order valence-corrected chi connectivity index (χ3v) is 11.4. The Balaban J connectivity index is 4.01. The molecule has 0 aliphatic heterocycles. The molecule has 0 amide bonds. The van der Waals surface area contributed by atoms with Crippen LogP contribution >= 0.6 is 7.82 Å². The van der Waals surface area contributed by atoms with Crippen LogP contribution in [-0.4, -0.2) is 49.3 Å². The maximum absolute atomic E-state index is 12.6. The number of nitrogens with two attached hydrogens (primary N) is 1. The van der Waals surface area contributed by atoms with Crippen LogP contribution in [0.1, 0.15) is 239 Å².